The van der Waals surface area contributed by atoms with Gasteiger partial charge in [0.15, 0.2) is 0 Å². The lowest BCUT2D eigenvalue weighted by atomic mass is 10.0. The summed E-state index contributed by atoms with van der Waals surface area (Å²) >= 11 is 0. The average molecular weight is 156 g/mol. The number of hydrogen-bond acceptors (Lipinski definition) is 2. The number of rotatable bonds is 2. The van der Waals surface area contributed by atoms with E-state index in [1.54, 1.807) is 0 Å². The second-order valence-corrected chi connectivity index (χ2v) is 3.20. The van der Waals surface area contributed by atoms with Crippen LogP contribution in [0.15, 0.2) is 12.2 Å². The molecule has 0 aromatic carbocycles. The molecule has 0 spiro atoms. The van der Waals surface area contributed by atoms with E-state index in [0.717, 1.165) is 31.4 Å². The molecule has 1 fully saturated rings. The third kappa shape index (κ3) is 2.31. The second kappa shape index (κ2) is 3.88. The summed E-state index contributed by atoms with van der Waals surface area (Å²) in [5.74, 6) is 0. The first-order chi connectivity index (χ1) is 5.22. The molecule has 0 aromatic heterocycles. The molecule has 0 amide bonds. The van der Waals surface area contributed by atoms with Crippen LogP contribution in [0.5, 0.6) is 0 Å². The molecule has 64 valence electrons. The summed E-state index contributed by atoms with van der Waals surface area (Å²) in [6, 6.07) is 0. The zero-order valence-corrected chi connectivity index (χ0v) is 7.05. The predicted octanol–water partition coefficient (Wildman–Crippen LogP) is 1.49. The highest BCUT2D eigenvalue weighted by molar-refractivity contribution is 5.00. The molecular formula is C9H16O2. The van der Waals surface area contributed by atoms with E-state index < -0.39 is 6.10 Å². The number of aliphatic hydroxyl groups excluding tert-OH is 1. The zero-order valence-electron chi connectivity index (χ0n) is 7.05. The van der Waals surface area contributed by atoms with Crippen molar-refractivity contribution in [2.45, 2.75) is 38.4 Å². The normalized spacial score (nSPS) is 28.0. The zero-order chi connectivity index (χ0) is 8.27. The Morgan fingerprint density at radius 1 is 1.64 bits per heavy atom. The first kappa shape index (κ1) is 8.75. The van der Waals surface area contributed by atoms with Crippen LogP contribution in [0.25, 0.3) is 0 Å². The molecule has 1 heterocycles. The van der Waals surface area contributed by atoms with Crippen LogP contribution in [-0.4, -0.2) is 23.9 Å². The van der Waals surface area contributed by atoms with Gasteiger partial charge in [0, 0.05) is 6.61 Å². The van der Waals surface area contributed by atoms with Crippen LogP contribution < -0.4 is 0 Å². The van der Waals surface area contributed by atoms with Crippen LogP contribution in [0.4, 0.5) is 0 Å². The lowest BCUT2D eigenvalue weighted by Crippen LogP contribution is -2.32. The van der Waals surface area contributed by atoms with Gasteiger partial charge in [0.2, 0.25) is 0 Å². The molecule has 1 N–H and O–H groups in total. The van der Waals surface area contributed by atoms with E-state index in [9.17, 15) is 5.11 Å². The van der Waals surface area contributed by atoms with Gasteiger partial charge in [-0.15, -0.1) is 0 Å². The molecule has 1 saturated heterocycles. The molecule has 0 aromatic rings. The molecule has 2 atom stereocenters. The second-order valence-electron chi connectivity index (χ2n) is 3.20. The van der Waals surface area contributed by atoms with Crippen LogP contribution in [-0.2, 0) is 4.74 Å². The smallest absolute Gasteiger partial charge is 0.101 e. The van der Waals surface area contributed by atoms with Gasteiger partial charge in [0.25, 0.3) is 0 Å². The molecule has 0 radical (unpaired) electrons. The minimum Gasteiger partial charge on any atom is -0.386 e. The molecule has 0 saturated carbocycles. The number of aliphatic hydroxyl groups is 1. The van der Waals surface area contributed by atoms with Gasteiger partial charge in [-0.2, -0.15) is 0 Å². The van der Waals surface area contributed by atoms with Gasteiger partial charge in [0.05, 0.1) is 6.10 Å². The predicted molar refractivity (Wildman–Crippen MR) is 44.4 cm³/mol. The van der Waals surface area contributed by atoms with Crippen LogP contribution in [0.1, 0.15) is 26.2 Å². The topological polar surface area (TPSA) is 29.5 Å². The molecule has 2 heteroatoms. The Morgan fingerprint density at radius 2 is 2.36 bits per heavy atom. The fraction of sp³-hybridized carbons (Fsp3) is 0.778. The van der Waals surface area contributed by atoms with Crippen molar-refractivity contribution in [3.8, 4) is 0 Å². The van der Waals surface area contributed by atoms with E-state index in [4.69, 9.17) is 4.74 Å². The summed E-state index contributed by atoms with van der Waals surface area (Å²) < 4.78 is 5.39. The Labute approximate surface area is 67.9 Å². The third-order valence-corrected chi connectivity index (χ3v) is 2.07. The van der Waals surface area contributed by atoms with Gasteiger partial charge in [-0.1, -0.05) is 6.58 Å². The van der Waals surface area contributed by atoms with Gasteiger partial charge in [-0.05, 0) is 31.8 Å². The molecule has 1 aliphatic rings. The van der Waals surface area contributed by atoms with Crippen molar-refractivity contribution in [1.82, 2.24) is 0 Å². The highest BCUT2D eigenvalue weighted by Gasteiger charge is 2.22. The third-order valence-electron chi connectivity index (χ3n) is 2.07. The van der Waals surface area contributed by atoms with Crippen molar-refractivity contribution in [2.24, 2.45) is 0 Å². The lowest BCUT2D eigenvalue weighted by molar-refractivity contribution is -0.0478. The monoisotopic (exact) mass is 156 g/mol. The Morgan fingerprint density at radius 3 is 2.82 bits per heavy atom. The van der Waals surface area contributed by atoms with Crippen LogP contribution >= 0.6 is 0 Å². The summed E-state index contributed by atoms with van der Waals surface area (Å²) in [7, 11) is 0. The first-order valence-electron chi connectivity index (χ1n) is 4.17. The van der Waals surface area contributed by atoms with Crippen molar-refractivity contribution in [3.05, 3.63) is 12.2 Å². The van der Waals surface area contributed by atoms with E-state index in [0.29, 0.717) is 0 Å². The van der Waals surface area contributed by atoms with Crippen LogP contribution in [0.3, 0.4) is 0 Å². The molecule has 2 unspecified atom stereocenters. The molecule has 0 bridgehead atoms. The van der Waals surface area contributed by atoms with Crippen LogP contribution in [0.2, 0.25) is 0 Å². The van der Waals surface area contributed by atoms with Crippen molar-refractivity contribution in [1.29, 1.82) is 0 Å². The summed E-state index contributed by atoms with van der Waals surface area (Å²) in [6.45, 7) is 6.32. The molecule has 2 nitrogen and oxygen atoms in total. The molecule has 0 aliphatic carbocycles. The molecular weight excluding hydrogens is 140 g/mol. The van der Waals surface area contributed by atoms with E-state index in [2.05, 4.69) is 6.58 Å². The van der Waals surface area contributed by atoms with Crippen molar-refractivity contribution in [2.75, 3.05) is 6.61 Å². The Balaban J connectivity index is 2.38. The highest BCUT2D eigenvalue weighted by atomic mass is 16.5. The maximum atomic E-state index is 9.53. The van der Waals surface area contributed by atoms with Crippen molar-refractivity contribution >= 4 is 0 Å². The van der Waals surface area contributed by atoms with Gasteiger partial charge >= 0.3 is 0 Å². The fourth-order valence-electron chi connectivity index (χ4n) is 1.33. The van der Waals surface area contributed by atoms with Crippen molar-refractivity contribution in [3.63, 3.8) is 0 Å². The van der Waals surface area contributed by atoms with E-state index >= 15 is 0 Å². The minimum absolute atomic E-state index is 0.00116. The highest BCUT2D eigenvalue weighted by Crippen LogP contribution is 2.18. The minimum atomic E-state index is -0.463. The SMILES string of the molecule is C=C(C)C(O)C1CCCCO1. The van der Waals surface area contributed by atoms with E-state index in [1.807, 2.05) is 6.92 Å². The first-order valence-corrected chi connectivity index (χ1v) is 4.17. The average Bonchev–Trinajstić information content (AvgIpc) is 2.05. The largest absolute Gasteiger partial charge is 0.386 e. The Kier molecular flexibility index (Phi) is 3.09. The summed E-state index contributed by atoms with van der Waals surface area (Å²) in [5, 5.41) is 9.53. The van der Waals surface area contributed by atoms with Gasteiger partial charge < -0.3 is 9.84 Å². The standard InChI is InChI=1S/C9H16O2/c1-7(2)9(10)8-5-3-4-6-11-8/h8-10H,1,3-6H2,2H3. The molecule has 11 heavy (non-hydrogen) atoms. The van der Waals surface area contributed by atoms with Gasteiger partial charge in [0.1, 0.15) is 6.10 Å². The Hall–Kier alpha value is -0.340. The summed E-state index contributed by atoms with van der Waals surface area (Å²) in [5.41, 5.74) is 0.803. The van der Waals surface area contributed by atoms with Crippen LogP contribution in [0, 0.1) is 0 Å². The maximum absolute atomic E-state index is 9.53. The van der Waals surface area contributed by atoms with E-state index in [-0.39, 0.29) is 6.10 Å². The quantitative estimate of drug-likeness (QED) is 0.614. The van der Waals surface area contributed by atoms with Gasteiger partial charge in [-0.3, -0.25) is 0 Å². The molecule has 1 rings (SSSR count). The van der Waals surface area contributed by atoms with E-state index in [1.165, 1.54) is 0 Å². The summed E-state index contributed by atoms with van der Waals surface area (Å²) in [4.78, 5) is 0. The number of hydrogen-bond donors (Lipinski definition) is 1. The Bertz CT molecular complexity index is 136. The fourth-order valence-corrected chi connectivity index (χ4v) is 1.33. The summed E-state index contributed by atoms with van der Waals surface area (Å²) in [6.07, 6.45) is 2.79. The van der Waals surface area contributed by atoms with Gasteiger partial charge in [-0.25, -0.2) is 0 Å². The van der Waals surface area contributed by atoms with Crippen molar-refractivity contribution < 1.29 is 9.84 Å². The maximum Gasteiger partial charge on any atom is 0.101 e. The lowest BCUT2D eigenvalue weighted by Gasteiger charge is -2.27. The molecule has 1 aliphatic heterocycles. The number of ether oxygens (including phenoxy) is 1.